The van der Waals surface area contributed by atoms with Crippen LogP contribution in [0.15, 0.2) is 42.6 Å². The van der Waals surface area contributed by atoms with Crippen LogP contribution in [0.2, 0.25) is 0 Å². The summed E-state index contributed by atoms with van der Waals surface area (Å²) in [6.45, 7) is 5.47. The van der Waals surface area contributed by atoms with E-state index in [9.17, 15) is 0 Å². The molecular formula is C20H26N6. The first-order valence-electron chi connectivity index (χ1n) is 9.21. The largest absolute Gasteiger partial charge is 0.368 e. The second-order valence-corrected chi connectivity index (χ2v) is 7.31. The zero-order chi connectivity index (χ0) is 18.1. The van der Waals surface area contributed by atoms with E-state index in [0.717, 1.165) is 36.5 Å². The van der Waals surface area contributed by atoms with Gasteiger partial charge >= 0.3 is 0 Å². The predicted molar refractivity (Wildman–Crippen MR) is 106 cm³/mol. The lowest BCUT2D eigenvalue weighted by molar-refractivity contribution is 0.159. The fourth-order valence-electron chi connectivity index (χ4n) is 3.97. The maximum atomic E-state index is 5.94. The second-order valence-electron chi connectivity index (χ2n) is 7.31. The van der Waals surface area contributed by atoms with Crippen LogP contribution in [0.1, 0.15) is 18.9 Å². The number of aromatic nitrogens is 3. The number of anilines is 2. The van der Waals surface area contributed by atoms with Gasteiger partial charge in [0.1, 0.15) is 11.5 Å². The SMILES string of the molecule is C[C@@H]1CCN(Cc2ccccc2)C[C@@H]1N(C)c1nc(N)nc2[nH]ccc12. The molecule has 2 aromatic heterocycles. The highest BCUT2D eigenvalue weighted by Crippen LogP contribution is 2.30. The van der Waals surface area contributed by atoms with Crippen LogP contribution in [0.3, 0.4) is 0 Å². The number of nitrogen functional groups attached to an aromatic ring is 1. The summed E-state index contributed by atoms with van der Waals surface area (Å²) in [6, 6.07) is 13.1. The first-order chi connectivity index (χ1) is 12.6. The summed E-state index contributed by atoms with van der Waals surface area (Å²) in [5, 5.41) is 1.02. The van der Waals surface area contributed by atoms with Crippen LogP contribution in [0.4, 0.5) is 11.8 Å². The molecule has 4 rings (SSSR count). The zero-order valence-corrected chi connectivity index (χ0v) is 15.4. The molecule has 0 amide bonds. The Kier molecular flexibility index (Phi) is 4.51. The van der Waals surface area contributed by atoms with E-state index in [1.165, 1.54) is 12.0 Å². The molecule has 3 N–H and O–H groups in total. The Bertz CT molecular complexity index is 874. The highest BCUT2D eigenvalue weighted by atomic mass is 15.3. The van der Waals surface area contributed by atoms with Gasteiger partial charge in [0.2, 0.25) is 5.95 Å². The molecule has 6 heteroatoms. The highest BCUT2D eigenvalue weighted by Gasteiger charge is 2.31. The van der Waals surface area contributed by atoms with Crippen molar-refractivity contribution in [2.75, 3.05) is 30.8 Å². The standard InChI is InChI=1S/C20H26N6/c1-14-9-11-26(12-15-6-4-3-5-7-15)13-17(14)25(2)19-16-8-10-22-18(16)23-20(21)24-19/h3-8,10,14,17H,9,11-13H2,1-2H3,(H3,21,22,23,24)/t14-,17+/m1/s1. The number of likely N-dealkylation sites (tertiary alicyclic amines) is 1. The zero-order valence-electron chi connectivity index (χ0n) is 15.4. The Morgan fingerprint density at radius 1 is 1.23 bits per heavy atom. The van der Waals surface area contributed by atoms with E-state index in [0.29, 0.717) is 17.9 Å². The lowest BCUT2D eigenvalue weighted by Gasteiger charge is -2.42. The average Bonchev–Trinajstić information content (AvgIpc) is 3.11. The van der Waals surface area contributed by atoms with Crippen molar-refractivity contribution in [3.8, 4) is 0 Å². The Morgan fingerprint density at radius 2 is 2.04 bits per heavy atom. The van der Waals surface area contributed by atoms with Crippen molar-refractivity contribution in [3.05, 3.63) is 48.2 Å². The number of nitrogens with one attached hydrogen (secondary N) is 1. The van der Waals surface area contributed by atoms with Crippen molar-refractivity contribution in [2.24, 2.45) is 5.92 Å². The smallest absolute Gasteiger partial charge is 0.223 e. The lowest BCUT2D eigenvalue weighted by Crippen LogP contribution is -2.51. The van der Waals surface area contributed by atoms with Gasteiger partial charge in [0, 0.05) is 32.4 Å². The molecule has 0 aliphatic carbocycles. The van der Waals surface area contributed by atoms with Crippen LogP contribution >= 0.6 is 0 Å². The summed E-state index contributed by atoms with van der Waals surface area (Å²) in [7, 11) is 2.13. The molecule has 0 radical (unpaired) electrons. The van der Waals surface area contributed by atoms with Gasteiger partial charge in [-0.1, -0.05) is 37.3 Å². The van der Waals surface area contributed by atoms with Gasteiger partial charge in [-0.2, -0.15) is 9.97 Å². The topological polar surface area (TPSA) is 74.1 Å². The first-order valence-corrected chi connectivity index (χ1v) is 9.21. The van der Waals surface area contributed by atoms with E-state index in [-0.39, 0.29) is 0 Å². The molecule has 0 spiro atoms. The molecular weight excluding hydrogens is 324 g/mol. The number of hydrogen-bond acceptors (Lipinski definition) is 5. The normalized spacial score (nSPS) is 21.2. The van der Waals surface area contributed by atoms with E-state index in [1.807, 2.05) is 12.3 Å². The van der Waals surface area contributed by atoms with E-state index < -0.39 is 0 Å². The van der Waals surface area contributed by atoms with E-state index in [4.69, 9.17) is 5.73 Å². The number of likely N-dealkylation sites (N-methyl/N-ethyl adjacent to an activating group) is 1. The van der Waals surface area contributed by atoms with Gasteiger partial charge in [0.25, 0.3) is 0 Å². The number of rotatable bonds is 4. The summed E-state index contributed by atoms with van der Waals surface area (Å²) in [5.41, 5.74) is 8.10. The lowest BCUT2D eigenvalue weighted by atomic mass is 9.92. The Hall–Kier alpha value is -2.60. The minimum absolute atomic E-state index is 0.311. The van der Waals surface area contributed by atoms with E-state index >= 15 is 0 Å². The maximum Gasteiger partial charge on any atom is 0.223 e. The molecule has 1 aliphatic rings. The molecule has 1 fully saturated rings. The fraction of sp³-hybridized carbons (Fsp3) is 0.400. The van der Waals surface area contributed by atoms with Gasteiger partial charge < -0.3 is 15.6 Å². The summed E-state index contributed by atoms with van der Waals surface area (Å²) in [5.74, 6) is 1.82. The number of piperidine rings is 1. The van der Waals surface area contributed by atoms with E-state index in [2.05, 4.69) is 69.1 Å². The van der Waals surface area contributed by atoms with Gasteiger partial charge in [-0.15, -0.1) is 0 Å². The van der Waals surface area contributed by atoms with Gasteiger partial charge in [-0.05, 0) is 30.5 Å². The maximum absolute atomic E-state index is 5.94. The van der Waals surface area contributed by atoms with Crippen molar-refractivity contribution in [3.63, 3.8) is 0 Å². The van der Waals surface area contributed by atoms with Crippen molar-refractivity contribution in [1.82, 2.24) is 19.9 Å². The Balaban J connectivity index is 1.57. The Morgan fingerprint density at radius 3 is 2.85 bits per heavy atom. The summed E-state index contributed by atoms with van der Waals surface area (Å²) < 4.78 is 0. The Labute approximate surface area is 154 Å². The number of benzene rings is 1. The van der Waals surface area contributed by atoms with Crippen LogP contribution in [0.25, 0.3) is 11.0 Å². The van der Waals surface area contributed by atoms with Crippen LogP contribution in [0.5, 0.6) is 0 Å². The molecule has 3 heterocycles. The second kappa shape index (κ2) is 6.96. The number of H-pyrrole nitrogens is 1. The monoisotopic (exact) mass is 350 g/mol. The van der Waals surface area contributed by atoms with Crippen LogP contribution in [-0.4, -0.2) is 46.0 Å². The molecule has 6 nitrogen and oxygen atoms in total. The number of nitrogens with zero attached hydrogens (tertiary/aromatic N) is 4. The molecule has 1 saturated heterocycles. The molecule has 3 aromatic rings. The van der Waals surface area contributed by atoms with Gasteiger partial charge in [-0.25, -0.2) is 0 Å². The minimum atomic E-state index is 0.311. The van der Waals surface area contributed by atoms with Gasteiger partial charge in [0.05, 0.1) is 5.39 Å². The minimum Gasteiger partial charge on any atom is -0.368 e. The number of fused-ring (bicyclic) bond motifs is 1. The third kappa shape index (κ3) is 3.24. The first kappa shape index (κ1) is 16.8. The molecule has 0 bridgehead atoms. The average molecular weight is 350 g/mol. The van der Waals surface area contributed by atoms with Crippen LogP contribution in [-0.2, 0) is 6.54 Å². The molecule has 1 aliphatic heterocycles. The molecule has 2 atom stereocenters. The summed E-state index contributed by atoms with van der Waals surface area (Å²) >= 11 is 0. The molecule has 1 aromatic carbocycles. The number of hydrogen-bond donors (Lipinski definition) is 2. The quantitative estimate of drug-likeness (QED) is 0.757. The van der Waals surface area contributed by atoms with Crippen molar-refractivity contribution >= 4 is 22.8 Å². The predicted octanol–water partition coefficient (Wildman–Crippen LogP) is 2.89. The third-order valence-corrected chi connectivity index (χ3v) is 5.50. The highest BCUT2D eigenvalue weighted by molar-refractivity contribution is 5.88. The van der Waals surface area contributed by atoms with Crippen LogP contribution in [0, 0.1) is 5.92 Å². The van der Waals surface area contributed by atoms with Gasteiger partial charge in [0.15, 0.2) is 0 Å². The summed E-state index contributed by atoms with van der Waals surface area (Å²) in [4.78, 5) is 16.8. The molecule has 26 heavy (non-hydrogen) atoms. The number of aromatic amines is 1. The van der Waals surface area contributed by atoms with Gasteiger partial charge in [-0.3, -0.25) is 4.90 Å². The van der Waals surface area contributed by atoms with E-state index in [1.54, 1.807) is 0 Å². The van der Waals surface area contributed by atoms with Crippen molar-refractivity contribution in [2.45, 2.75) is 25.9 Å². The fourth-order valence-corrected chi connectivity index (χ4v) is 3.97. The van der Waals surface area contributed by atoms with Crippen LogP contribution < -0.4 is 10.6 Å². The molecule has 136 valence electrons. The number of nitrogens with two attached hydrogens (primary N) is 1. The van der Waals surface area contributed by atoms with Crippen molar-refractivity contribution in [1.29, 1.82) is 0 Å². The summed E-state index contributed by atoms with van der Waals surface area (Å²) in [6.07, 6.45) is 3.07. The third-order valence-electron chi connectivity index (χ3n) is 5.50. The molecule has 0 saturated carbocycles. The van der Waals surface area contributed by atoms with Crippen molar-refractivity contribution < 1.29 is 0 Å². The molecule has 0 unspecified atom stereocenters.